The standard InChI is InChI=1S/C21H22N2O5/c1-28-20(26)14-7-11-17(12-8-14)23-19(25)18(24)22-13-21(27,16-9-10-16)15-5-3-2-4-6-15/h2-8,11-12,16,27H,9-10,13H2,1H3,(H,22,24)(H,23,25)/t21-/m0/s1. The summed E-state index contributed by atoms with van der Waals surface area (Å²) in [6.45, 7) is -0.0464. The molecule has 2 amide bonds. The fourth-order valence-corrected chi connectivity index (χ4v) is 3.06. The summed E-state index contributed by atoms with van der Waals surface area (Å²) in [6.07, 6.45) is 1.75. The van der Waals surface area contributed by atoms with Crippen molar-refractivity contribution in [2.45, 2.75) is 18.4 Å². The maximum absolute atomic E-state index is 12.2. The second kappa shape index (κ2) is 8.22. The molecule has 1 fully saturated rings. The largest absolute Gasteiger partial charge is 0.465 e. The fraction of sp³-hybridized carbons (Fsp3) is 0.286. The van der Waals surface area contributed by atoms with Crippen molar-refractivity contribution in [1.82, 2.24) is 5.32 Å². The van der Waals surface area contributed by atoms with E-state index in [2.05, 4.69) is 15.4 Å². The number of hydrogen-bond acceptors (Lipinski definition) is 5. The van der Waals surface area contributed by atoms with Crippen molar-refractivity contribution in [3.63, 3.8) is 0 Å². The van der Waals surface area contributed by atoms with Crippen LogP contribution in [0.15, 0.2) is 54.6 Å². The van der Waals surface area contributed by atoms with Gasteiger partial charge in [0.2, 0.25) is 0 Å². The monoisotopic (exact) mass is 382 g/mol. The second-order valence-corrected chi connectivity index (χ2v) is 6.77. The highest BCUT2D eigenvalue weighted by atomic mass is 16.5. The Kier molecular flexibility index (Phi) is 5.75. The zero-order valence-electron chi connectivity index (χ0n) is 15.5. The van der Waals surface area contributed by atoms with Crippen LogP contribution >= 0.6 is 0 Å². The van der Waals surface area contributed by atoms with Crippen LogP contribution < -0.4 is 10.6 Å². The molecule has 28 heavy (non-hydrogen) atoms. The Morgan fingerprint density at radius 1 is 1.04 bits per heavy atom. The highest BCUT2D eigenvalue weighted by Crippen LogP contribution is 2.45. The first-order valence-corrected chi connectivity index (χ1v) is 8.99. The number of anilines is 1. The topological polar surface area (TPSA) is 105 Å². The lowest BCUT2D eigenvalue weighted by molar-refractivity contribution is -0.137. The smallest absolute Gasteiger partial charge is 0.337 e. The molecule has 3 N–H and O–H groups in total. The van der Waals surface area contributed by atoms with Crippen LogP contribution in [0.4, 0.5) is 5.69 Å². The first-order valence-electron chi connectivity index (χ1n) is 8.99. The first kappa shape index (κ1) is 19.6. The molecule has 1 aliphatic rings. The van der Waals surface area contributed by atoms with Crippen molar-refractivity contribution < 1.29 is 24.2 Å². The predicted molar refractivity (Wildman–Crippen MR) is 102 cm³/mol. The van der Waals surface area contributed by atoms with Crippen LogP contribution in [-0.4, -0.2) is 36.5 Å². The maximum atomic E-state index is 12.2. The summed E-state index contributed by atoms with van der Waals surface area (Å²) in [6, 6.07) is 15.1. The van der Waals surface area contributed by atoms with Gasteiger partial charge in [-0.2, -0.15) is 0 Å². The molecule has 0 radical (unpaired) electrons. The molecule has 7 nitrogen and oxygen atoms in total. The summed E-state index contributed by atoms with van der Waals surface area (Å²) in [7, 11) is 1.28. The number of carbonyl (C=O) groups excluding carboxylic acids is 3. The highest BCUT2D eigenvalue weighted by molar-refractivity contribution is 6.39. The van der Waals surface area contributed by atoms with Crippen molar-refractivity contribution in [3.05, 3.63) is 65.7 Å². The van der Waals surface area contributed by atoms with Crippen LogP contribution in [0, 0.1) is 5.92 Å². The lowest BCUT2D eigenvalue weighted by atomic mass is 9.88. The molecule has 0 unspecified atom stereocenters. The molecule has 0 aliphatic heterocycles. The third kappa shape index (κ3) is 4.37. The van der Waals surface area contributed by atoms with Crippen LogP contribution in [0.25, 0.3) is 0 Å². The van der Waals surface area contributed by atoms with E-state index in [9.17, 15) is 19.5 Å². The molecule has 0 spiro atoms. The Morgan fingerprint density at radius 3 is 2.25 bits per heavy atom. The first-order chi connectivity index (χ1) is 13.4. The molecule has 0 saturated heterocycles. The number of ether oxygens (including phenoxy) is 1. The SMILES string of the molecule is COC(=O)c1ccc(NC(=O)C(=O)NC[C@](O)(c2ccccc2)C2CC2)cc1. The molecule has 2 aromatic carbocycles. The van der Waals surface area contributed by atoms with Gasteiger partial charge >= 0.3 is 17.8 Å². The Balaban J connectivity index is 1.59. The minimum atomic E-state index is -1.20. The molecule has 0 bridgehead atoms. The number of nitrogens with one attached hydrogen (secondary N) is 2. The van der Waals surface area contributed by atoms with Gasteiger partial charge in [-0.25, -0.2) is 4.79 Å². The van der Waals surface area contributed by atoms with Crippen LogP contribution in [0.2, 0.25) is 0 Å². The quantitative estimate of drug-likeness (QED) is 0.522. The number of benzene rings is 2. The van der Waals surface area contributed by atoms with Gasteiger partial charge in [-0.15, -0.1) is 0 Å². The second-order valence-electron chi connectivity index (χ2n) is 6.77. The van der Waals surface area contributed by atoms with Crippen LogP contribution in [0.3, 0.4) is 0 Å². The Hall–Kier alpha value is -3.19. The van der Waals surface area contributed by atoms with Gasteiger partial charge in [0.15, 0.2) is 0 Å². The normalized spacial score (nSPS) is 15.2. The van der Waals surface area contributed by atoms with Gasteiger partial charge in [-0.05, 0) is 48.6 Å². The lowest BCUT2D eigenvalue weighted by Gasteiger charge is -2.29. The van der Waals surface area contributed by atoms with Gasteiger partial charge in [0.1, 0.15) is 5.60 Å². The zero-order valence-corrected chi connectivity index (χ0v) is 15.5. The summed E-state index contributed by atoms with van der Waals surface area (Å²) in [5, 5.41) is 16.0. The van der Waals surface area contributed by atoms with Gasteiger partial charge in [0.25, 0.3) is 0 Å². The summed E-state index contributed by atoms with van der Waals surface area (Å²) < 4.78 is 4.61. The number of amides is 2. The van der Waals surface area contributed by atoms with Gasteiger partial charge < -0.3 is 20.5 Å². The van der Waals surface area contributed by atoms with Gasteiger partial charge in [-0.3, -0.25) is 9.59 Å². The molecule has 3 rings (SSSR count). The molecule has 1 aliphatic carbocycles. The molecule has 2 aromatic rings. The van der Waals surface area contributed by atoms with Crippen molar-refractivity contribution in [1.29, 1.82) is 0 Å². The van der Waals surface area contributed by atoms with Crippen molar-refractivity contribution in [3.8, 4) is 0 Å². The number of methoxy groups -OCH3 is 1. The molecule has 0 aromatic heterocycles. The highest BCUT2D eigenvalue weighted by Gasteiger charge is 2.45. The van der Waals surface area contributed by atoms with E-state index < -0.39 is 23.4 Å². The van der Waals surface area contributed by atoms with Crippen LogP contribution in [0.5, 0.6) is 0 Å². The van der Waals surface area contributed by atoms with Gasteiger partial charge in [0, 0.05) is 5.69 Å². The van der Waals surface area contributed by atoms with Crippen molar-refractivity contribution in [2.24, 2.45) is 5.92 Å². The minimum absolute atomic E-state index is 0.0464. The summed E-state index contributed by atoms with van der Waals surface area (Å²) in [4.78, 5) is 35.7. The van der Waals surface area contributed by atoms with Gasteiger partial charge in [0.05, 0.1) is 19.2 Å². The average molecular weight is 382 g/mol. The molecule has 146 valence electrons. The minimum Gasteiger partial charge on any atom is -0.465 e. The zero-order chi connectivity index (χ0) is 20.1. The van der Waals surface area contributed by atoms with E-state index in [1.807, 2.05) is 30.3 Å². The third-order valence-corrected chi connectivity index (χ3v) is 4.81. The molecular weight excluding hydrogens is 360 g/mol. The molecule has 1 saturated carbocycles. The van der Waals surface area contributed by atoms with E-state index >= 15 is 0 Å². The maximum Gasteiger partial charge on any atom is 0.337 e. The van der Waals surface area contributed by atoms with E-state index in [1.165, 1.54) is 31.4 Å². The van der Waals surface area contributed by atoms with E-state index in [1.54, 1.807) is 0 Å². The van der Waals surface area contributed by atoms with Crippen LogP contribution in [0.1, 0.15) is 28.8 Å². The summed E-state index contributed by atoms with van der Waals surface area (Å²) in [5.41, 5.74) is 0.228. The number of hydrogen-bond donors (Lipinski definition) is 3. The lowest BCUT2D eigenvalue weighted by Crippen LogP contribution is -2.45. The third-order valence-electron chi connectivity index (χ3n) is 4.81. The number of carbonyl (C=O) groups is 3. The van der Waals surface area contributed by atoms with E-state index in [4.69, 9.17) is 0 Å². The number of esters is 1. The van der Waals surface area contributed by atoms with Gasteiger partial charge in [-0.1, -0.05) is 30.3 Å². The van der Waals surface area contributed by atoms with E-state index in [0.29, 0.717) is 11.3 Å². The molecular formula is C21H22N2O5. The van der Waals surface area contributed by atoms with Crippen molar-refractivity contribution in [2.75, 3.05) is 19.0 Å². The summed E-state index contributed by atoms with van der Waals surface area (Å²) >= 11 is 0. The Labute approximate surface area is 162 Å². The number of aliphatic hydroxyl groups is 1. The number of rotatable bonds is 6. The Bertz CT molecular complexity index is 862. The van der Waals surface area contributed by atoms with E-state index in [-0.39, 0.29) is 12.5 Å². The predicted octanol–water partition coefficient (Wildman–Crippen LogP) is 1.83. The molecule has 0 heterocycles. The fourth-order valence-electron chi connectivity index (χ4n) is 3.06. The van der Waals surface area contributed by atoms with Crippen LogP contribution in [-0.2, 0) is 19.9 Å². The molecule has 7 heteroatoms. The average Bonchev–Trinajstić information content (AvgIpc) is 3.58. The van der Waals surface area contributed by atoms with Crippen molar-refractivity contribution >= 4 is 23.5 Å². The molecule has 1 atom stereocenters. The summed E-state index contributed by atoms with van der Waals surface area (Å²) in [5.74, 6) is -2.12. The van der Waals surface area contributed by atoms with E-state index in [0.717, 1.165) is 18.4 Å². The Morgan fingerprint density at radius 2 is 1.68 bits per heavy atom.